The van der Waals surface area contributed by atoms with Gasteiger partial charge in [0.25, 0.3) is 0 Å². The third-order valence-corrected chi connectivity index (χ3v) is 2.69. The predicted octanol–water partition coefficient (Wildman–Crippen LogP) is 1.30. The van der Waals surface area contributed by atoms with Crippen LogP contribution in [0, 0.1) is 0 Å². The average Bonchev–Trinajstić information content (AvgIpc) is 2.55. The number of carbonyl (C=O) groups excluding carboxylic acids is 1. The standard InChI is InChI=1S/C11H17NO3/c1-11(2,3)15-10(14)12-7-4-5-8(12)9(13)6-7/h4-5,7-9,13H,6H2,1-3H3/t7-,8+,9+/m1/s1. The Labute approximate surface area is 89.5 Å². The van der Waals surface area contributed by atoms with Crippen LogP contribution in [0.3, 0.4) is 0 Å². The molecule has 0 aromatic heterocycles. The van der Waals surface area contributed by atoms with Crippen LogP contribution < -0.4 is 0 Å². The van der Waals surface area contributed by atoms with Crippen molar-refractivity contribution in [2.75, 3.05) is 0 Å². The van der Waals surface area contributed by atoms with Gasteiger partial charge in [0.15, 0.2) is 0 Å². The second-order valence-electron chi connectivity index (χ2n) is 5.13. The summed E-state index contributed by atoms with van der Waals surface area (Å²) in [5.41, 5.74) is -0.482. The molecule has 2 bridgehead atoms. The van der Waals surface area contributed by atoms with E-state index in [2.05, 4.69) is 0 Å². The smallest absolute Gasteiger partial charge is 0.411 e. The highest BCUT2D eigenvalue weighted by Gasteiger charge is 2.46. The predicted molar refractivity (Wildman–Crippen MR) is 55.4 cm³/mol. The Morgan fingerprint density at radius 2 is 2.13 bits per heavy atom. The lowest BCUT2D eigenvalue weighted by Gasteiger charge is -2.27. The molecule has 0 spiro atoms. The molecule has 2 aliphatic rings. The number of rotatable bonds is 0. The highest BCUT2D eigenvalue weighted by Crippen LogP contribution is 2.33. The number of aliphatic hydroxyl groups is 1. The number of hydrogen-bond acceptors (Lipinski definition) is 3. The van der Waals surface area contributed by atoms with Crippen molar-refractivity contribution in [1.82, 2.24) is 4.90 Å². The molecule has 4 heteroatoms. The van der Waals surface area contributed by atoms with E-state index >= 15 is 0 Å². The quantitative estimate of drug-likeness (QED) is 0.614. The van der Waals surface area contributed by atoms with Crippen LogP contribution >= 0.6 is 0 Å². The summed E-state index contributed by atoms with van der Waals surface area (Å²) in [5, 5.41) is 9.64. The summed E-state index contributed by atoms with van der Waals surface area (Å²) in [7, 11) is 0. The Hall–Kier alpha value is -1.03. The second-order valence-corrected chi connectivity index (χ2v) is 5.13. The van der Waals surface area contributed by atoms with E-state index in [1.165, 1.54) is 0 Å². The van der Waals surface area contributed by atoms with Crippen molar-refractivity contribution in [2.24, 2.45) is 0 Å². The summed E-state index contributed by atoms with van der Waals surface area (Å²) >= 11 is 0. The number of aliphatic hydroxyl groups excluding tert-OH is 1. The molecule has 1 amide bonds. The minimum atomic E-state index is -0.482. The van der Waals surface area contributed by atoms with Crippen LogP contribution in [-0.2, 0) is 4.74 Å². The summed E-state index contributed by atoms with van der Waals surface area (Å²) in [6.07, 6.45) is 3.69. The zero-order chi connectivity index (χ0) is 11.2. The summed E-state index contributed by atoms with van der Waals surface area (Å²) in [6, 6.07) is -0.176. The summed E-state index contributed by atoms with van der Waals surface area (Å²) in [5.74, 6) is 0. The maximum absolute atomic E-state index is 11.8. The Morgan fingerprint density at radius 1 is 1.47 bits per heavy atom. The van der Waals surface area contributed by atoms with E-state index in [1.54, 1.807) is 4.90 Å². The third-order valence-electron chi connectivity index (χ3n) is 2.69. The molecule has 1 saturated heterocycles. The Bertz CT molecular complexity index is 305. The molecular formula is C11H17NO3. The maximum Gasteiger partial charge on any atom is 0.411 e. The minimum Gasteiger partial charge on any atom is -0.444 e. The summed E-state index contributed by atoms with van der Waals surface area (Å²) < 4.78 is 5.29. The van der Waals surface area contributed by atoms with Gasteiger partial charge in [-0.05, 0) is 27.2 Å². The zero-order valence-corrected chi connectivity index (χ0v) is 9.30. The molecule has 3 atom stereocenters. The van der Waals surface area contributed by atoms with Gasteiger partial charge >= 0.3 is 6.09 Å². The van der Waals surface area contributed by atoms with E-state index in [0.717, 1.165) is 0 Å². The third kappa shape index (κ3) is 1.86. The van der Waals surface area contributed by atoms with Gasteiger partial charge in [0.1, 0.15) is 5.60 Å². The molecule has 0 aromatic carbocycles. The molecule has 1 fully saturated rings. The van der Waals surface area contributed by atoms with E-state index in [4.69, 9.17) is 4.74 Å². The SMILES string of the molecule is CC(C)(C)OC(=O)N1[C@@H]2C=C[C@H]1[C@@H](O)C2. The fourth-order valence-electron chi connectivity index (χ4n) is 2.11. The van der Waals surface area contributed by atoms with Crippen LogP contribution in [0.5, 0.6) is 0 Å². The van der Waals surface area contributed by atoms with Gasteiger partial charge in [-0.15, -0.1) is 0 Å². The fraction of sp³-hybridized carbons (Fsp3) is 0.727. The normalized spacial score (nSPS) is 33.6. The van der Waals surface area contributed by atoms with Crippen molar-refractivity contribution in [3.05, 3.63) is 12.2 Å². The Morgan fingerprint density at radius 3 is 2.53 bits per heavy atom. The second kappa shape index (κ2) is 3.23. The van der Waals surface area contributed by atoms with Gasteiger partial charge in [-0.2, -0.15) is 0 Å². The molecule has 2 heterocycles. The summed E-state index contributed by atoms with van der Waals surface area (Å²) in [6.45, 7) is 5.52. The molecule has 2 aliphatic heterocycles. The molecule has 1 N–H and O–H groups in total. The van der Waals surface area contributed by atoms with Crippen LogP contribution in [0.1, 0.15) is 27.2 Å². The number of nitrogens with zero attached hydrogens (tertiary/aromatic N) is 1. The first-order chi connectivity index (χ1) is 6.88. The first-order valence-corrected chi connectivity index (χ1v) is 5.26. The van der Waals surface area contributed by atoms with Crippen LogP contribution in [0.4, 0.5) is 4.79 Å². The van der Waals surface area contributed by atoms with Gasteiger partial charge in [0.2, 0.25) is 0 Å². The first-order valence-electron chi connectivity index (χ1n) is 5.26. The van der Waals surface area contributed by atoms with Crippen LogP contribution in [0.2, 0.25) is 0 Å². The van der Waals surface area contributed by atoms with E-state index in [1.807, 2.05) is 32.9 Å². The molecule has 0 unspecified atom stereocenters. The van der Waals surface area contributed by atoms with Crippen LogP contribution in [-0.4, -0.2) is 39.9 Å². The Kier molecular flexibility index (Phi) is 2.26. The van der Waals surface area contributed by atoms with Gasteiger partial charge in [0.05, 0.1) is 18.2 Å². The molecular weight excluding hydrogens is 194 g/mol. The van der Waals surface area contributed by atoms with Crippen molar-refractivity contribution < 1.29 is 14.6 Å². The maximum atomic E-state index is 11.8. The van der Waals surface area contributed by atoms with Gasteiger partial charge in [-0.1, -0.05) is 12.2 Å². The van der Waals surface area contributed by atoms with E-state index in [9.17, 15) is 9.90 Å². The molecule has 0 radical (unpaired) electrons. The fourth-order valence-corrected chi connectivity index (χ4v) is 2.11. The van der Waals surface area contributed by atoms with Gasteiger partial charge in [-0.3, -0.25) is 4.90 Å². The largest absolute Gasteiger partial charge is 0.444 e. The van der Waals surface area contributed by atoms with Gasteiger partial charge < -0.3 is 9.84 Å². The van der Waals surface area contributed by atoms with E-state index < -0.39 is 11.7 Å². The van der Waals surface area contributed by atoms with Crippen LogP contribution in [0.15, 0.2) is 12.2 Å². The van der Waals surface area contributed by atoms with Gasteiger partial charge in [0, 0.05) is 0 Å². The monoisotopic (exact) mass is 211 g/mol. The highest BCUT2D eigenvalue weighted by atomic mass is 16.6. The molecule has 0 aromatic rings. The number of amides is 1. The van der Waals surface area contributed by atoms with Crippen molar-refractivity contribution in [3.63, 3.8) is 0 Å². The van der Waals surface area contributed by atoms with Crippen molar-refractivity contribution >= 4 is 6.09 Å². The molecule has 2 rings (SSSR count). The molecule has 0 saturated carbocycles. The number of ether oxygens (including phenoxy) is 1. The minimum absolute atomic E-state index is 0.0137. The van der Waals surface area contributed by atoms with Crippen molar-refractivity contribution in [2.45, 2.75) is 51.0 Å². The van der Waals surface area contributed by atoms with E-state index in [-0.39, 0.29) is 18.2 Å². The van der Waals surface area contributed by atoms with Crippen molar-refractivity contribution in [1.29, 1.82) is 0 Å². The first kappa shape index (κ1) is 10.5. The number of hydrogen-bond donors (Lipinski definition) is 1. The molecule has 4 nitrogen and oxygen atoms in total. The Balaban J connectivity index is 2.05. The highest BCUT2D eigenvalue weighted by molar-refractivity contribution is 5.71. The molecule has 84 valence electrons. The molecule has 15 heavy (non-hydrogen) atoms. The zero-order valence-electron chi connectivity index (χ0n) is 9.30. The summed E-state index contributed by atoms with van der Waals surface area (Å²) in [4.78, 5) is 13.4. The number of carbonyl (C=O) groups is 1. The van der Waals surface area contributed by atoms with Gasteiger partial charge in [-0.25, -0.2) is 4.79 Å². The van der Waals surface area contributed by atoms with Crippen molar-refractivity contribution in [3.8, 4) is 0 Å². The van der Waals surface area contributed by atoms with E-state index in [0.29, 0.717) is 6.42 Å². The number of fused-ring (bicyclic) bond motifs is 2. The lowest BCUT2D eigenvalue weighted by molar-refractivity contribution is 0.0193. The van der Waals surface area contributed by atoms with Crippen LogP contribution in [0.25, 0.3) is 0 Å². The molecule has 0 aliphatic carbocycles. The topological polar surface area (TPSA) is 49.8 Å². The lowest BCUT2D eigenvalue weighted by Crippen LogP contribution is -2.41. The lowest BCUT2D eigenvalue weighted by atomic mass is 10.1. The average molecular weight is 211 g/mol.